The van der Waals surface area contributed by atoms with Crippen LogP contribution < -0.4 is 15.6 Å². The molecule has 0 fully saturated rings. The van der Waals surface area contributed by atoms with Gasteiger partial charge in [-0.1, -0.05) is 116 Å². The van der Waals surface area contributed by atoms with Crippen LogP contribution in [0, 0.1) is 70.7 Å². The third-order valence-corrected chi connectivity index (χ3v) is 12.5. The van der Waals surface area contributed by atoms with Crippen LogP contribution in [0.4, 0.5) is 0 Å². The molecule has 0 bridgehead atoms. The zero-order valence-corrected chi connectivity index (χ0v) is 28.0. The van der Waals surface area contributed by atoms with Gasteiger partial charge in [-0.05, 0) is 26.8 Å². The topological polar surface area (TPSA) is 0 Å². The number of aryl methyl sites for hydroxylation is 3. The molecule has 3 aromatic carbocycles. The van der Waals surface area contributed by atoms with E-state index in [4.69, 9.17) is 0 Å². The Morgan fingerprint density at radius 1 is 0.765 bits per heavy atom. The first-order chi connectivity index (χ1) is 13.9. The summed E-state index contributed by atoms with van der Waals surface area (Å²) in [7, 11) is -2.77. The second-order valence-electron chi connectivity index (χ2n) is 10.5. The van der Waals surface area contributed by atoms with Crippen LogP contribution in [0.5, 0.6) is 0 Å². The first-order valence-electron chi connectivity index (χ1n) is 11.3. The Hall–Kier alpha value is -1.06. The van der Waals surface area contributed by atoms with E-state index in [-0.39, 0.29) is 44.0 Å². The van der Waals surface area contributed by atoms with E-state index in [0.29, 0.717) is 0 Å². The minimum Gasteiger partial charge on any atom is -0.358 e. The molecule has 0 amide bonds. The molecule has 1 atom stereocenters. The van der Waals surface area contributed by atoms with Crippen LogP contribution in [0.3, 0.4) is 0 Å². The van der Waals surface area contributed by atoms with Crippen molar-refractivity contribution in [3.63, 3.8) is 0 Å². The van der Waals surface area contributed by atoms with Crippen molar-refractivity contribution in [3.8, 4) is 0 Å². The van der Waals surface area contributed by atoms with Crippen molar-refractivity contribution in [2.24, 2.45) is 0 Å². The Balaban J connectivity index is 0. The van der Waals surface area contributed by atoms with Crippen molar-refractivity contribution in [2.45, 2.75) is 74.2 Å². The molecule has 0 nitrogen and oxygen atoms in total. The first-order valence-corrected chi connectivity index (χ1v) is 16.8. The molecule has 1 unspecified atom stereocenters. The Kier molecular flexibility index (Phi) is 13.7. The van der Waals surface area contributed by atoms with Crippen LogP contribution in [0.25, 0.3) is 0 Å². The summed E-state index contributed by atoms with van der Waals surface area (Å²) in [6.07, 6.45) is 0. The maximum atomic E-state index is 2.59. The van der Waals surface area contributed by atoms with E-state index in [0.717, 1.165) is 0 Å². The van der Waals surface area contributed by atoms with Gasteiger partial charge in [0.05, 0.1) is 8.07 Å². The van der Waals surface area contributed by atoms with Gasteiger partial charge in [-0.15, -0.1) is 0 Å². The van der Waals surface area contributed by atoms with Gasteiger partial charge >= 0.3 is 21.7 Å². The zero-order chi connectivity index (χ0) is 22.4. The molecule has 3 rings (SSSR count). The zero-order valence-electron chi connectivity index (χ0n) is 24.2. The molecule has 0 spiro atoms. The second-order valence-corrected chi connectivity index (χ2v) is 18.4. The van der Waals surface area contributed by atoms with E-state index < -0.39 is 16.9 Å². The summed E-state index contributed by atoms with van der Waals surface area (Å²) in [4.78, 5) is 0. The minimum absolute atomic E-state index is 0. The number of hydrogen-bond acceptors (Lipinski definition) is 0. The Morgan fingerprint density at radius 3 is 1.82 bits per heavy atom. The SMILES string of the molecule is Cc1cc([SiH](Cc2c(C)c(C)c(C)[c-]2C)c2ccc(C)cc2C)cc([Si](C)(C)C)c1.[CH3-].[CH3-].[CH3-].[Ti+4]. The molecule has 184 valence electrons. The molecule has 3 aromatic rings. The molecule has 0 aromatic heterocycles. The molecule has 0 heterocycles. The minimum atomic E-state index is -1.41. The normalized spacial score (nSPS) is 11.5. The fourth-order valence-electron chi connectivity index (χ4n) is 4.88. The van der Waals surface area contributed by atoms with Gasteiger partial charge in [0.1, 0.15) is 8.80 Å². The van der Waals surface area contributed by atoms with E-state index in [1.807, 2.05) is 0 Å². The first kappa shape index (κ1) is 35.1. The van der Waals surface area contributed by atoms with E-state index in [9.17, 15) is 0 Å². The standard InChI is InChI=1S/C28H39Si2.3CH3.Ti/c1-18-11-12-28(20(3)13-18)29(17-27-23(6)21(4)22(5)24(27)7)25-14-19(2)15-26(16-25)30(8,9)10;;;;/h11-16,29H,17H2,1-10H3;3*1H3;/q4*-1;+4. The molecule has 34 heavy (non-hydrogen) atoms. The monoisotopic (exact) mass is 524 g/mol. The molecule has 0 aliphatic rings. The summed E-state index contributed by atoms with van der Waals surface area (Å²) >= 11 is 0. The van der Waals surface area contributed by atoms with Gasteiger partial charge < -0.3 is 22.3 Å². The second kappa shape index (κ2) is 13.3. The van der Waals surface area contributed by atoms with Crippen LogP contribution in [0.15, 0.2) is 36.4 Å². The number of hydrogen-bond donors (Lipinski definition) is 0. The van der Waals surface area contributed by atoms with Gasteiger partial charge in [0, 0.05) is 0 Å². The van der Waals surface area contributed by atoms with Gasteiger partial charge in [-0.25, -0.2) is 0 Å². The van der Waals surface area contributed by atoms with Crippen molar-refractivity contribution < 1.29 is 21.7 Å². The summed E-state index contributed by atoms with van der Waals surface area (Å²) in [6.45, 7) is 23.5. The molecule has 0 radical (unpaired) electrons. The molecular weight excluding hydrogens is 476 g/mol. The van der Waals surface area contributed by atoms with E-state index in [1.54, 1.807) is 21.1 Å². The predicted molar refractivity (Wildman–Crippen MR) is 160 cm³/mol. The number of rotatable bonds is 5. The van der Waals surface area contributed by atoms with Gasteiger partial charge in [-0.2, -0.15) is 27.8 Å². The fourth-order valence-corrected chi connectivity index (χ4v) is 9.95. The van der Waals surface area contributed by atoms with Crippen LogP contribution in [0.1, 0.15) is 44.5 Å². The summed E-state index contributed by atoms with van der Waals surface area (Å²) in [5, 5.41) is 4.83. The molecule has 0 N–H and O–H groups in total. The Labute approximate surface area is 230 Å². The smallest absolute Gasteiger partial charge is 0.358 e. The average Bonchev–Trinajstić information content (AvgIpc) is 2.83. The molecule has 0 aliphatic heterocycles. The van der Waals surface area contributed by atoms with Crippen molar-refractivity contribution >= 4 is 32.4 Å². The van der Waals surface area contributed by atoms with Crippen molar-refractivity contribution in [3.05, 3.63) is 103 Å². The van der Waals surface area contributed by atoms with E-state index in [2.05, 4.69) is 105 Å². The van der Waals surface area contributed by atoms with Gasteiger partial charge in [0.15, 0.2) is 0 Å². The third kappa shape index (κ3) is 7.23. The van der Waals surface area contributed by atoms with Crippen molar-refractivity contribution in [1.82, 2.24) is 0 Å². The van der Waals surface area contributed by atoms with Gasteiger partial charge in [0.2, 0.25) is 0 Å². The maximum Gasteiger partial charge on any atom is 4.00 e. The van der Waals surface area contributed by atoms with Crippen LogP contribution in [-0.2, 0) is 27.8 Å². The Bertz CT molecular complexity index is 1060. The van der Waals surface area contributed by atoms with E-state index >= 15 is 0 Å². The number of benzene rings is 2. The quantitative estimate of drug-likeness (QED) is 0.261. The summed E-state index contributed by atoms with van der Waals surface area (Å²) < 4.78 is 0. The molecule has 0 aliphatic carbocycles. The summed E-state index contributed by atoms with van der Waals surface area (Å²) in [6, 6.07) is 15.9. The fraction of sp³-hybridized carbons (Fsp3) is 0.355. The summed E-state index contributed by atoms with van der Waals surface area (Å²) in [5.74, 6) is 0. The summed E-state index contributed by atoms with van der Waals surface area (Å²) in [5.41, 5.74) is 11.9. The van der Waals surface area contributed by atoms with Gasteiger partial charge in [0.25, 0.3) is 0 Å². The van der Waals surface area contributed by atoms with Crippen LogP contribution in [-0.4, -0.2) is 16.9 Å². The van der Waals surface area contributed by atoms with Gasteiger partial charge in [-0.3, -0.25) is 0 Å². The maximum absolute atomic E-state index is 2.59. The predicted octanol–water partition coefficient (Wildman–Crippen LogP) is 6.58. The Morgan fingerprint density at radius 2 is 1.35 bits per heavy atom. The van der Waals surface area contributed by atoms with Crippen molar-refractivity contribution in [2.75, 3.05) is 0 Å². The average molecular weight is 525 g/mol. The van der Waals surface area contributed by atoms with Crippen LogP contribution in [0.2, 0.25) is 19.6 Å². The molecule has 0 saturated heterocycles. The van der Waals surface area contributed by atoms with Crippen LogP contribution >= 0.6 is 0 Å². The third-order valence-electron chi connectivity index (χ3n) is 7.17. The van der Waals surface area contributed by atoms with E-state index in [1.165, 1.54) is 45.0 Å². The van der Waals surface area contributed by atoms with Crippen molar-refractivity contribution in [1.29, 1.82) is 0 Å². The molecule has 3 heteroatoms. The largest absolute Gasteiger partial charge is 4.00 e. The molecular formula is C31H48Si2Ti. The molecule has 0 saturated carbocycles.